The molecule has 1 N–H and O–H groups in total. The molecule has 0 aromatic heterocycles. The van der Waals surface area contributed by atoms with E-state index in [9.17, 15) is 17.6 Å². The molecule has 1 fully saturated rings. The number of carbonyl (C=O) groups excluding carboxylic acids is 1. The van der Waals surface area contributed by atoms with Gasteiger partial charge >= 0.3 is 0 Å². The molecule has 134 valence electrons. The van der Waals surface area contributed by atoms with Gasteiger partial charge in [0.15, 0.2) is 0 Å². The van der Waals surface area contributed by atoms with Gasteiger partial charge < -0.3 is 10.1 Å². The fourth-order valence-corrected chi connectivity index (χ4v) is 4.15. The van der Waals surface area contributed by atoms with Crippen LogP contribution in [0.3, 0.4) is 0 Å². The Morgan fingerprint density at radius 3 is 2.88 bits per heavy atom. The van der Waals surface area contributed by atoms with Crippen LogP contribution in [0.25, 0.3) is 0 Å². The third-order valence-corrected chi connectivity index (χ3v) is 5.91. The average molecular weight is 358 g/mol. The molecule has 8 heteroatoms. The van der Waals surface area contributed by atoms with Crippen LogP contribution in [0.15, 0.2) is 24.3 Å². The zero-order chi connectivity index (χ0) is 17.6. The topological polar surface area (TPSA) is 75.7 Å². The molecule has 1 atom stereocenters. The van der Waals surface area contributed by atoms with E-state index in [1.807, 2.05) is 0 Å². The molecule has 1 aromatic carbocycles. The molecular formula is C16H23FN2O4S. The molecule has 1 amide bonds. The number of nitrogens with zero attached hydrogens (tertiary/aromatic N) is 1. The number of halogens is 1. The van der Waals surface area contributed by atoms with Crippen LogP contribution in [0, 0.1) is 11.7 Å². The standard InChI is InChI=1S/C16H23FN2O4S/c1-23-9-10-24(21,22)19-8-4-6-14(12-19)16(20)18-11-13-5-2-3-7-15(13)17/h2-3,5,7,14H,4,6,8-12H2,1H3,(H,18,20). The molecule has 1 saturated heterocycles. The summed E-state index contributed by atoms with van der Waals surface area (Å²) in [5.41, 5.74) is 0.409. The van der Waals surface area contributed by atoms with Crippen molar-refractivity contribution in [3.63, 3.8) is 0 Å². The number of methoxy groups -OCH3 is 1. The Labute approximate surface area is 142 Å². The van der Waals surface area contributed by atoms with Crippen molar-refractivity contribution < 1.29 is 22.3 Å². The maximum atomic E-state index is 13.6. The van der Waals surface area contributed by atoms with Gasteiger partial charge in [0, 0.05) is 32.3 Å². The monoisotopic (exact) mass is 358 g/mol. The Morgan fingerprint density at radius 1 is 1.42 bits per heavy atom. The van der Waals surface area contributed by atoms with E-state index in [2.05, 4.69) is 5.32 Å². The molecule has 1 aliphatic heterocycles. The molecule has 2 rings (SSSR count). The van der Waals surface area contributed by atoms with Crippen LogP contribution in [0.5, 0.6) is 0 Å². The molecule has 0 aliphatic carbocycles. The lowest BCUT2D eigenvalue weighted by Gasteiger charge is -2.31. The van der Waals surface area contributed by atoms with Crippen molar-refractivity contribution in [2.45, 2.75) is 19.4 Å². The van der Waals surface area contributed by atoms with Crippen molar-refractivity contribution in [2.75, 3.05) is 32.6 Å². The lowest BCUT2D eigenvalue weighted by Crippen LogP contribution is -2.46. The van der Waals surface area contributed by atoms with E-state index in [1.165, 1.54) is 17.5 Å². The number of sulfonamides is 1. The lowest BCUT2D eigenvalue weighted by atomic mass is 9.98. The highest BCUT2D eigenvalue weighted by Crippen LogP contribution is 2.20. The van der Waals surface area contributed by atoms with Crippen molar-refractivity contribution in [2.24, 2.45) is 5.92 Å². The molecule has 0 spiro atoms. The summed E-state index contributed by atoms with van der Waals surface area (Å²) in [5, 5.41) is 2.70. The van der Waals surface area contributed by atoms with Gasteiger partial charge in [-0.2, -0.15) is 0 Å². The summed E-state index contributed by atoms with van der Waals surface area (Å²) in [6, 6.07) is 6.24. The van der Waals surface area contributed by atoms with Crippen LogP contribution in [0.2, 0.25) is 0 Å². The number of benzene rings is 1. The summed E-state index contributed by atoms with van der Waals surface area (Å²) in [6.45, 7) is 0.805. The first-order valence-electron chi connectivity index (χ1n) is 7.92. The molecule has 1 aromatic rings. The van der Waals surface area contributed by atoms with Gasteiger partial charge in [-0.1, -0.05) is 18.2 Å². The number of carbonyl (C=O) groups is 1. The van der Waals surface area contributed by atoms with E-state index < -0.39 is 15.9 Å². The van der Waals surface area contributed by atoms with Crippen LogP contribution >= 0.6 is 0 Å². The zero-order valence-corrected chi connectivity index (χ0v) is 14.5. The smallest absolute Gasteiger partial charge is 0.224 e. The Hall–Kier alpha value is -1.51. The molecule has 0 radical (unpaired) electrons. The highest BCUT2D eigenvalue weighted by Gasteiger charge is 2.32. The number of amides is 1. The second kappa shape index (κ2) is 8.55. The van der Waals surface area contributed by atoms with Gasteiger partial charge in [0.25, 0.3) is 0 Å². The maximum Gasteiger partial charge on any atom is 0.224 e. The quantitative estimate of drug-likeness (QED) is 0.793. The van der Waals surface area contributed by atoms with E-state index in [0.29, 0.717) is 24.9 Å². The number of hydrogen-bond acceptors (Lipinski definition) is 4. The van der Waals surface area contributed by atoms with Crippen LogP contribution in [0.4, 0.5) is 4.39 Å². The summed E-state index contributed by atoms with van der Waals surface area (Å²) >= 11 is 0. The fourth-order valence-electron chi connectivity index (χ4n) is 2.70. The van der Waals surface area contributed by atoms with E-state index in [0.717, 1.165) is 0 Å². The second-order valence-electron chi connectivity index (χ2n) is 5.82. The molecule has 1 unspecified atom stereocenters. The SMILES string of the molecule is COCCS(=O)(=O)N1CCCC(C(=O)NCc2ccccc2F)C1. The number of piperidine rings is 1. The van der Waals surface area contributed by atoms with E-state index in [4.69, 9.17) is 4.74 Å². The molecule has 0 bridgehead atoms. The van der Waals surface area contributed by atoms with Crippen molar-refractivity contribution in [1.29, 1.82) is 0 Å². The van der Waals surface area contributed by atoms with Gasteiger partial charge in [0.1, 0.15) is 5.82 Å². The lowest BCUT2D eigenvalue weighted by molar-refractivity contribution is -0.126. The van der Waals surface area contributed by atoms with Crippen LogP contribution in [-0.4, -0.2) is 51.2 Å². The van der Waals surface area contributed by atoms with Crippen molar-refractivity contribution in [3.05, 3.63) is 35.6 Å². The predicted molar refractivity (Wildman–Crippen MR) is 88.2 cm³/mol. The zero-order valence-electron chi connectivity index (χ0n) is 13.7. The average Bonchev–Trinajstić information content (AvgIpc) is 2.59. The van der Waals surface area contributed by atoms with Crippen LogP contribution < -0.4 is 5.32 Å². The third kappa shape index (κ3) is 4.99. The highest BCUT2D eigenvalue weighted by molar-refractivity contribution is 7.89. The van der Waals surface area contributed by atoms with Gasteiger partial charge in [0.05, 0.1) is 18.3 Å². The minimum atomic E-state index is -3.42. The van der Waals surface area contributed by atoms with Crippen molar-refractivity contribution in [1.82, 2.24) is 9.62 Å². The van der Waals surface area contributed by atoms with Crippen molar-refractivity contribution in [3.8, 4) is 0 Å². The summed E-state index contributed by atoms with van der Waals surface area (Å²) < 4.78 is 44.1. The molecule has 1 heterocycles. The van der Waals surface area contributed by atoms with E-state index >= 15 is 0 Å². The van der Waals surface area contributed by atoms with Gasteiger partial charge in [-0.25, -0.2) is 17.1 Å². The first-order chi connectivity index (χ1) is 11.4. The Kier molecular flexibility index (Phi) is 6.70. The summed E-state index contributed by atoms with van der Waals surface area (Å²) in [5.74, 6) is -1.12. The maximum absolute atomic E-state index is 13.6. The van der Waals surface area contributed by atoms with Gasteiger partial charge in [0.2, 0.25) is 15.9 Å². The first kappa shape index (κ1) is 18.8. The van der Waals surface area contributed by atoms with Crippen molar-refractivity contribution >= 4 is 15.9 Å². The molecule has 0 saturated carbocycles. The highest BCUT2D eigenvalue weighted by atomic mass is 32.2. The number of hydrogen-bond donors (Lipinski definition) is 1. The fraction of sp³-hybridized carbons (Fsp3) is 0.562. The Morgan fingerprint density at radius 2 is 2.17 bits per heavy atom. The summed E-state index contributed by atoms with van der Waals surface area (Å²) in [4.78, 5) is 12.3. The van der Waals surface area contributed by atoms with E-state index in [1.54, 1.807) is 18.2 Å². The second-order valence-corrected chi connectivity index (χ2v) is 7.90. The number of rotatable bonds is 7. The minimum absolute atomic E-state index is 0.0902. The minimum Gasteiger partial charge on any atom is -0.384 e. The van der Waals surface area contributed by atoms with Crippen LogP contribution in [0.1, 0.15) is 18.4 Å². The summed E-state index contributed by atoms with van der Waals surface area (Å²) in [6.07, 6.45) is 1.25. The Balaban J connectivity index is 1.92. The number of ether oxygens (including phenoxy) is 1. The van der Waals surface area contributed by atoms with Gasteiger partial charge in [-0.05, 0) is 18.9 Å². The molecule has 6 nitrogen and oxygen atoms in total. The van der Waals surface area contributed by atoms with Gasteiger partial charge in [-0.15, -0.1) is 0 Å². The van der Waals surface area contributed by atoms with E-state index in [-0.39, 0.29) is 37.2 Å². The first-order valence-corrected chi connectivity index (χ1v) is 9.53. The van der Waals surface area contributed by atoms with Gasteiger partial charge in [-0.3, -0.25) is 4.79 Å². The number of nitrogens with one attached hydrogen (secondary N) is 1. The summed E-state index contributed by atoms with van der Waals surface area (Å²) in [7, 11) is -1.97. The largest absolute Gasteiger partial charge is 0.384 e. The molecular weight excluding hydrogens is 335 g/mol. The third-order valence-electron chi connectivity index (χ3n) is 4.10. The normalized spacial score (nSPS) is 19.2. The predicted octanol–water partition coefficient (Wildman–Crippen LogP) is 1.13. The van der Waals surface area contributed by atoms with Crippen LogP contribution in [-0.2, 0) is 26.1 Å². The molecule has 24 heavy (non-hydrogen) atoms. The Bertz CT molecular complexity index is 666. The molecule has 1 aliphatic rings.